The monoisotopic (exact) mass is 184 g/mol. The van der Waals surface area contributed by atoms with Crippen LogP contribution in [-0.2, 0) is 4.79 Å². The minimum atomic E-state index is -0.112. The van der Waals surface area contributed by atoms with Crippen LogP contribution in [0.1, 0.15) is 20.3 Å². The minimum Gasteiger partial charge on any atom is -0.337 e. The van der Waals surface area contributed by atoms with Crippen molar-refractivity contribution in [3.05, 3.63) is 12.7 Å². The van der Waals surface area contributed by atoms with Crippen molar-refractivity contribution < 1.29 is 4.79 Å². The Labute approximate surface area is 80.8 Å². The Morgan fingerprint density at radius 3 is 2.38 bits per heavy atom. The highest BCUT2D eigenvalue weighted by molar-refractivity contribution is 5.87. The molecule has 0 aromatic heterocycles. The summed E-state index contributed by atoms with van der Waals surface area (Å²) in [6, 6.07) is 0. The summed E-state index contributed by atoms with van der Waals surface area (Å²) < 4.78 is 0. The van der Waals surface area contributed by atoms with Crippen molar-refractivity contribution in [2.75, 3.05) is 14.1 Å². The third-order valence-corrected chi connectivity index (χ3v) is 1.81. The number of amides is 1. The first-order chi connectivity index (χ1) is 5.97. The van der Waals surface area contributed by atoms with Gasteiger partial charge >= 0.3 is 0 Å². The molecule has 1 amide bonds. The van der Waals surface area contributed by atoms with Gasteiger partial charge in [0, 0.05) is 0 Å². The van der Waals surface area contributed by atoms with E-state index in [2.05, 4.69) is 25.7 Å². The van der Waals surface area contributed by atoms with Crippen LogP contribution in [0.25, 0.3) is 0 Å². The molecule has 0 fully saturated rings. The van der Waals surface area contributed by atoms with Crippen LogP contribution in [0.4, 0.5) is 0 Å². The number of carbonyl (C=O) groups excluding carboxylic acids is 1. The van der Waals surface area contributed by atoms with E-state index in [1.807, 2.05) is 19.0 Å². The molecule has 1 unspecified atom stereocenters. The largest absolute Gasteiger partial charge is 0.337 e. The second-order valence-electron chi connectivity index (χ2n) is 3.82. The zero-order valence-corrected chi connectivity index (χ0v) is 9.00. The van der Waals surface area contributed by atoms with Gasteiger partial charge in [-0.25, -0.2) is 0 Å². The second-order valence-corrected chi connectivity index (χ2v) is 3.82. The minimum absolute atomic E-state index is 0.102. The molecular formula is C10H20N2O. The Bertz CT molecular complexity index is 176. The standard InChI is InChI=1S/C10H20N2O/c1-6-10(13)11-9(12(4)5)7-8(2)3/h6,8-9H,1,7H2,2-5H3,(H,11,13). The van der Waals surface area contributed by atoms with Gasteiger partial charge in [-0.05, 0) is 32.5 Å². The van der Waals surface area contributed by atoms with Gasteiger partial charge in [0.25, 0.3) is 0 Å². The van der Waals surface area contributed by atoms with E-state index in [9.17, 15) is 4.79 Å². The molecule has 0 heterocycles. The molecule has 0 saturated carbocycles. The zero-order valence-electron chi connectivity index (χ0n) is 9.00. The Morgan fingerprint density at radius 2 is 2.08 bits per heavy atom. The fourth-order valence-corrected chi connectivity index (χ4v) is 1.07. The fourth-order valence-electron chi connectivity index (χ4n) is 1.07. The fraction of sp³-hybridized carbons (Fsp3) is 0.700. The third kappa shape index (κ3) is 5.42. The average Bonchev–Trinajstić information content (AvgIpc) is 2.02. The summed E-state index contributed by atoms with van der Waals surface area (Å²) in [5, 5.41) is 2.87. The average molecular weight is 184 g/mol. The van der Waals surface area contributed by atoms with E-state index in [0.717, 1.165) is 6.42 Å². The van der Waals surface area contributed by atoms with E-state index in [4.69, 9.17) is 0 Å². The molecule has 0 aliphatic carbocycles. The van der Waals surface area contributed by atoms with Crippen LogP contribution in [0.15, 0.2) is 12.7 Å². The maximum absolute atomic E-state index is 11.1. The zero-order chi connectivity index (χ0) is 10.4. The van der Waals surface area contributed by atoms with Crippen molar-refractivity contribution in [1.82, 2.24) is 10.2 Å². The normalized spacial score (nSPS) is 13.1. The van der Waals surface area contributed by atoms with Gasteiger partial charge in [0.2, 0.25) is 5.91 Å². The van der Waals surface area contributed by atoms with Gasteiger partial charge in [0.15, 0.2) is 0 Å². The Hall–Kier alpha value is -0.830. The van der Waals surface area contributed by atoms with Crippen LogP contribution >= 0.6 is 0 Å². The summed E-state index contributed by atoms with van der Waals surface area (Å²) in [4.78, 5) is 13.1. The van der Waals surface area contributed by atoms with Gasteiger partial charge in [-0.2, -0.15) is 0 Å². The molecule has 0 aromatic carbocycles. The molecule has 13 heavy (non-hydrogen) atoms. The van der Waals surface area contributed by atoms with E-state index in [1.165, 1.54) is 6.08 Å². The maximum Gasteiger partial charge on any atom is 0.244 e. The van der Waals surface area contributed by atoms with Crippen molar-refractivity contribution in [2.45, 2.75) is 26.4 Å². The highest BCUT2D eigenvalue weighted by Gasteiger charge is 2.13. The topological polar surface area (TPSA) is 32.3 Å². The molecule has 0 aromatic rings. The molecule has 0 aliphatic heterocycles. The quantitative estimate of drug-likeness (QED) is 0.515. The van der Waals surface area contributed by atoms with Crippen molar-refractivity contribution in [1.29, 1.82) is 0 Å². The highest BCUT2D eigenvalue weighted by Crippen LogP contribution is 2.06. The molecule has 3 heteroatoms. The third-order valence-electron chi connectivity index (χ3n) is 1.81. The van der Waals surface area contributed by atoms with Crippen LogP contribution in [-0.4, -0.2) is 31.1 Å². The van der Waals surface area contributed by atoms with Gasteiger partial charge in [0.05, 0.1) is 6.17 Å². The molecule has 0 saturated heterocycles. The lowest BCUT2D eigenvalue weighted by Gasteiger charge is -2.26. The van der Waals surface area contributed by atoms with Gasteiger partial charge < -0.3 is 5.32 Å². The first-order valence-electron chi connectivity index (χ1n) is 4.56. The predicted molar refractivity (Wildman–Crippen MR) is 55.3 cm³/mol. The van der Waals surface area contributed by atoms with Gasteiger partial charge in [-0.15, -0.1) is 0 Å². The van der Waals surface area contributed by atoms with Gasteiger partial charge in [-0.3, -0.25) is 9.69 Å². The molecule has 1 N–H and O–H groups in total. The number of rotatable bonds is 5. The van der Waals surface area contributed by atoms with Crippen molar-refractivity contribution >= 4 is 5.91 Å². The van der Waals surface area contributed by atoms with Crippen molar-refractivity contribution in [2.24, 2.45) is 5.92 Å². The maximum atomic E-state index is 11.1. The lowest BCUT2D eigenvalue weighted by molar-refractivity contribution is -0.118. The number of nitrogens with zero attached hydrogens (tertiary/aromatic N) is 1. The lowest BCUT2D eigenvalue weighted by atomic mass is 10.1. The van der Waals surface area contributed by atoms with Crippen LogP contribution < -0.4 is 5.32 Å². The predicted octanol–water partition coefficient (Wildman–Crippen LogP) is 1.22. The van der Waals surface area contributed by atoms with Gasteiger partial charge in [0.1, 0.15) is 0 Å². The SMILES string of the molecule is C=CC(=O)NC(CC(C)C)N(C)C. The summed E-state index contributed by atoms with van der Waals surface area (Å²) in [6.45, 7) is 7.69. The van der Waals surface area contributed by atoms with Crippen molar-refractivity contribution in [3.63, 3.8) is 0 Å². The van der Waals surface area contributed by atoms with E-state index >= 15 is 0 Å². The molecule has 0 aliphatic rings. The Balaban J connectivity index is 4.09. The van der Waals surface area contributed by atoms with E-state index < -0.39 is 0 Å². The molecule has 76 valence electrons. The summed E-state index contributed by atoms with van der Waals surface area (Å²) in [6.07, 6.45) is 2.36. The van der Waals surface area contributed by atoms with Crippen molar-refractivity contribution in [3.8, 4) is 0 Å². The molecule has 1 atom stereocenters. The van der Waals surface area contributed by atoms with E-state index in [1.54, 1.807) is 0 Å². The first kappa shape index (κ1) is 12.2. The lowest BCUT2D eigenvalue weighted by Crippen LogP contribution is -2.44. The van der Waals surface area contributed by atoms with Crippen LogP contribution in [0, 0.1) is 5.92 Å². The second kappa shape index (κ2) is 5.75. The van der Waals surface area contributed by atoms with E-state index in [-0.39, 0.29) is 12.1 Å². The first-order valence-corrected chi connectivity index (χ1v) is 4.56. The van der Waals surface area contributed by atoms with E-state index in [0.29, 0.717) is 5.92 Å². The number of hydrogen-bond acceptors (Lipinski definition) is 2. The summed E-state index contributed by atoms with van der Waals surface area (Å²) >= 11 is 0. The molecule has 0 rings (SSSR count). The summed E-state index contributed by atoms with van der Waals surface area (Å²) in [5.41, 5.74) is 0. The number of hydrogen-bond donors (Lipinski definition) is 1. The number of nitrogens with one attached hydrogen (secondary N) is 1. The van der Waals surface area contributed by atoms with Crippen LogP contribution in [0.3, 0.4) is 0 Å². The molecule has 0 bridgehead atoms. The van der Waals surface area contributed by atoms with Crippen LogP contribution in [0.5, 0.6) is 0 Å². The Morgan fingerprint density at radius 1 is 1.54 bits per heavy atom. The Kier molecular flexibility index (Phi) is 5.39. The summed E-state index contributed by atoms with van der Waals surface area (Å²) in [5.74, 6) is 0.455. The smallest absolute Gasteiger partial charge is 0.244 e. The number of carbonyl (C=O) groups is 1. The highest BCUT2D eigenvalue weighted by atomic mass is 16.1. The molecular weight excluding hydrogens is 164 g/mol. The molecule has 0 radical (unpaired) electrons. The summed E-state index contributed by atoms with van der Waals surface area (Å²) in [7, 11) is 3.91. The van der Waals surface area contributed by atoms with Gasteiger partial charge in [-0.1, -0.05) is 20.4 Å². The molecule has 3 nitrogen and oxygen atoms in total. The van der Waals surface area contributed by atoms with Crippen LogP contribution in [0.2, 0.25) is 0 Å². The molecule has 0 spiro atoms.